The highest BCUT2D eigenvalue weighted by Crippen LogP contribution is 2.20. The Hall–Kier alpha value is -3.14. The van der Waals surface area contributed by atoms with Crippen LogP contribution in [0.25, 0.3) is 0 Å². The van der Waals surface area contributed by atoms with E-state index < -0.39 is 21.9 Å². The Morgan fingerprint density at radius 2 is 1.69 bits per heavy atom. The van der Waals surface area contributed by atoms with Crippen molar-refractivity contribution in [2.45, 2.75) is 52.1 Å². The molecule has 0 fully saturated rings. The van der Waals surface area contributed by atoms with Crippen LogP contribution in [0.1, 0.15) is 45.1 Å². The SMILES string of the molecule is CCCNC(=O)C(CC)N(Cc1ccc(OC)cc1)C(=O)CCCN(c1ccc(F)cc1)S(C)(=O)=O. The molecule has 2 rings (SSSR count). The number of nitrogens with zero attached hydrogens (tertiary/aromatic N) is 2. The van der Waals surface area contributed by atoms with Crippen LogP contribution in [0.5, 0.6) is 5.75 Å². The van der Waals surface area contributed by atoms with Crippen LogP contribution in [0.15, 0.2) is 48.5 Å². The summed E-state index contributed by atoms with van der Waals surface area (Å²) in [6.45, 7) is 4.60. The lowest BCUT2D eigenvalue weighted by Gasteiger charge is -2.31. The van der Waals surface area contributed by atoms with E-state index in [0.717, 1.165) is 22.5 Å². The molecule has 0 aromatic heterocycles. The van der Waals surface area contributed by atoms with E-state index in [1.807, 2.05) is 26.0 Å². The Bertz CT molecular complexity index is 1090. The van der Waals surface area contributed by atoms with Crippen molar-refractivity contribution in [3.8, 4) is 5.75 Å². The largest absolute Gasteiger partial charge is 0.497 e. The van der Waals surface area contributed by atoms with Crippen molar-refractivity contribution >= 4 is 27.5 Å². The number of methoxy groups -OCH3 is 1. The molecule has 0 heterocycles. The molecule has 0 saturated heterocycles. The number of carbonyl (C=O) groups excluding carboxylic acids is 2. The number of carbonyl (C=O) groups is 2. The fourth-order valence-corrected chi connectivity index (χ4v) is 4.79. The van der Waals surface area contributed by atoms with Gasteiger partial charge in [-0.2, -0.15) is 0 Å². The number of sulfonamides is 1. The van der Waals surface area contributed by atoms with Crippen LogP contribution in [-0.4, -0.2) is 57.6 Å². The summed E-state index contributed by atoms with van der Waals surface area (Å²) in [6.07, 6.45) is 2.55. The quantitative estimate of drug-likeness (QED) is 0.409. The molecule has 2 aromatic carbocycles. The summed E-state index contributed by atoms with van der Waals surface area (Å²) in [7, 11) is -2.07. The van der Waals surface area contributed by atoms with Gasteiger partial charge in [0.05, 0.1) is 19.1 Å². The van der Waals surface area contributed by atoms with E-state index in [-0.39, 0.29) is 37.7 Å². The smallest absolute Gasteiger partial charge is 0.242 e. The molecular weight excluding hydrogens is 485 g/mol. The third-order valence-electron chi connectivity index (χ3n) is 5.71. The van der Waals surface area contributed by atoms with E-state index in [0.29, 0.717) is 24.4 Å². The minimum absolute atomic E-state index is 0.0426. The summed E-state index contributed by atoms with van der Waals surface area (Å²) >= 11 is 0. The maximum absolute atomic E-state index is 13.4. The number of hydrogen-bond acceptors (Lipinski definition) is 5. The fraction of sp³-hybridized carbons (Fsp3) is 0.462. The van der Waals surface area contributed by atoms with Crippen LogP contribution in [-0.2, 0) is 26.2 Å². The van der Waals surface area contributed by atoms with E-state index in [1.54, 1.807) is 24.1 Å². The Kier molecular flexibility index (Phi) is 11.2. The highest BCUT2D eigenvalue weighted by molar-refractivity contribution is 7.92. The summed E-state index contributed by atoms with van der Waals surface area (Å²) in [5.74, 6) is -0.253. The molecule has 0 aliphatic heterocycles. The molecule has 36 heavy (non-hydrogen) atoms. The number of rotatable bonds is 14. The standard InChI is InChI=1S/C26H36FN3O5S/c1-5-17-28-26(32)24(6-2)29(19-20-9-15-23(35-3)16-10-20)25(31)8-7-18-30(36(4,33)34)22-13-11-21(27)12-14-22/h9-16,24H,5-8,17-19H2,1-4H3,(H,28,32). The van der Waals surface area contributed by atoms with E-state index in [1.165, 1.54) is 24.3 Å². The first-order valence-corrected chi connectivity index (χ1v) is 13.9. The van der Waals surface area contributed by atoms with Crippen LogP contribution in [0.3, 0.4) is 0 Å². The summed E-state index contributed by atoms with van der Waals surface area (Å²) in [4.78, 5) is 27.8. The Labute approximate surface area is 213 Å². The van der Waals surface area contributed by atoms with Gasteiger partial charge in [-0.25, -0.2) is 12.8 Å². The molecule has 0 spiro atoms. The molecule has 1 atom stereocenters. The average Bonchev–Trinajstić information content (AvgIpc) is 2.85. The van der Waals surface area contributed by atoms with Crippen LogP contribution < -0.4 is 14.4 Å². The predicted octanol–water partition coefficient (Wildman–Crippen LogP) is 3.71. The number of hydrogen-bond donors (Lipinski definition) is 1. The van der Waals surface area contributed by atoms with Crippen molar-refractivity contribution < 1.29 is 27.1 Å². The molecule has 1 unspecified atom stereocenters. The summed E-state index contributed by atoms with van der Waals surface area (Å²) < 4.78 is 44.3. The number of amides is 2. The third-order valence-corrected chi connectivity index (χ3v) is 6.91. The van der Waals surface area contributed by atoms with Gasteiger partial charge in [-0.05, 0) is 61.2 Å². The third kappa shape index (κ3) is 8.51. The molecule has 0 radical (unpaired) electrons. The number of halogens is 1. The van der Waals surface area contributed by atoms with Crippen LogP contribution in [0, 0.1) is 5.82 Å². The van der Waals surface area contributed by atoms with E-state index in [2.05, 4.69) is 5.32 Å². The second-order valence-electron chi connectivity index (χ2n) is 8.50. The van der Waals surface area contributed by atoms with Gasteiger partial charge in [0.2, 0.25) is 21.8 Å². The number of ether oxygens (including phenoxy) is 1. The normalized spacial score (nSPS) is 12.0. The lowest BCUT2D eigenvalue weighted by Crippen LogP contribution is -2.49. The van der Waals surface area contributed by atoms with Crippen molar-refractivity contribution in [2.75, 3.05) is 30.8 Å². The Morgan fingerprint density at radius 3 is 2.22 bits per heavy atom. The second kappa shape index (κ2) is 13.8. The maximum atomic E-state index is 13.4. The second-order valence-corrected chi connectivity index (χ2v) is 10.4. The van der Waals surface area contributed by atoms with Gasteiger partial charge >= 0.3 is 0 Å². The minimum Gasteiger partial charge on any atom is -0.497 e. The van der Waals surface area contributed by atoms with Gasteiger partial charge in [0.1, 0.15) is 17.6 Å². The molecule has 10 heteroatoms. The Morgan fingerprint density at radius 1 is 1.06 bits per heavy atom. The molecule has 0 bridgehead atoms. The lowest BCUT2D eigenvalue weighted by molar-refractivity contribution is -0.141. The minimum atomic E-state index is -3.64. The van der Waals surface area contributed by atoms with Gasteiger partial charge in [-0.3, -0.25) is 13.9 Å². The van der Waals surface area contributed by atoms with Crippen molar-refractivity contribution in [3.05, 3.63) is 59.9 Å². The molecule has 0 saturated carbocycles. The zero-order valence-electron chi connectivity index (χ0n) is 21.4. The van der Waals surface area contributed by atoms with Gasteiger partial charge in [0.25, 0.3) is 0 Å². The van der Waals surface area contributed by atoms with Gasteiger partial charge in [-0.1, -0.05) is 26.0 Å². The molecule has 0 aliphatic rings. The topological polar surface area (TPSA) is 96.0 Å². The number of nitrogens with one attached hydrogen (secondary N) is 1. The molecule has 2 aromatic rings. The molecular formula is C26H36FN3O5S. The first kappa shape index (κ1) is 29.1. The maximum Gasteiger partial charge on any atom is 0.242 e. The monoisotopic (exact) mass is 521 g/mol. The summed E-state index contributed by atoms with van der Waals surface area (Å²) in [6, 6.07) is 11.8. The van der Waals surface area contributed by atoms with Crippen molar-refractivity contribution in [1.82, 2.24) is 10.2 Å². The number of anilines is 1. The van der Waals surface area contributed by atoms with Gasteiger partial charge in [0.15, 0.2) is 0 Å². The molecule has 2 amide bonds. The van der Waals surface area contributed by atoms with Crippen LogP contribution in [0.4, 0.5) is 10.1 Å². The summed E-state index contributed by atoms with van der Waals surface area (Å²) in [5, 5.41) is 2.87. The predicted molar refractivity (Wildman–Crippen MR) is 139 cm³/mol. The van der Waals surface area contributed by atoms with Crippen molar-refractivity contribution in [2.24, 2.45) is 0 Å². The molecule has 1 N–H and O–H groups in total. The highest BCUT2D eigenvalue weighted by atomic mass is 32.2. The van der Waals surface area contributed by atoms with Crippen LogP contribution >= 0.6 is 0 Å². The molecule has 198 valence electrons. The zero-order valence-corrected chi connectivity index (χ0v) is 22.2. The van der Waals surface area contributed by atoms with Gasteiger partial charge < -0.3 is 15.0 Å². The fourth-order valence-electron chi connectivity index (χ4n) is 3.82. The first-order valence-electron chi connectivity index (χ1n) is 12.0. The van der Waals surface area contributed by atoms with Gasteiger partial charge in [-0.15, -0.1) is 0 Å². The van der Waals surface area contributed by atoms with Crippen molar-refractivity contribution in [3.63, 3.8) is 0 Å². The van der Waals surface area contributed by atoms with Gasteiger partial charge in [0, 0.05) is 26.1 Å². The average molecular weight is 522 g/mol. The number of benzene rings is 2. The highest BCUT2D eigenvalue weighted by Gasteiger charge is 2.28. The zero-order chi connectivity index (χ0) is 26.7. The molecule has 0 aliphatic carbocycles. The van der Waals surface area contributed by atoms with E-state index in [9.17, 15) is 22.4 Å². The van der Waals surface area contributed by atoms with E-state index >= 15 is 0 Å². The van der Waals surface area contributed by atoms with Crippen LogP contribution in [0.2, 0.25) is 0 Å². The van der Waals surface area contributed by atoms with E-state index in [4.69, 9.17) is 4.74 Å². The summed E-state index contributed by atoms with van der Waals surface area (Å²) in [5.41, 5.74) is 1.17. The lowest BCUT2D eigenvalue weighted by atomic mass is 10.1. The molecule has 8 nitrogen and oxygen atoms in total. The first-order chi connectivity index (χ1) is 17.1. The van der Waals surface area contributed by atoms with Crippen molar-refractivity contribution in [1.29, 1.82) is 0 Å². The Balaban J connectivity index is 2.19.